The summed E-state index contributed by atoms with van der Waals surface area (Å²) in [6.07, 6.45) is 4.08. The van der Waals surface area contributed by atoms with E-state index >= 15 is 0 Å². The van der Waals surface area contributed by atoms with Crippen molar-refractivity contribution in [2.75, 3.05) is 6.61 Å². The predicted octanol–water partition coefficient (Wildman–Crippen LogP) is 0.502. The lowest BCUT2D eigenvalue weighted by Gasteiger charge is -2.00. The number of aromatic nitrogens is 2. The molecule has 0 aliphatic carbocycles. The molecule has 0 atom stereocenters. The van der Waals surface area contributed by atoms with Crippen molar-refractivity contribution in [2.24, 2.45) is 0 Å². The van der Waals surface area contributed by atoms with E-state index in [9.17, 15) is 4.79 Å². The molecule has 0 amide bonds. The number of aliphatic carboxylic acids is 1. The summed E-state index contributed by atoms with van der Waals surface area (Å²) < 4.78 is 4.75. The van der Waals surface area contributed by atoms with Gasteiger partial charge in [-0.1, -0.05) is 6.92 Å². The van der Waals surface area contributed by atoms with Crippen LogP contribution in [0.2, 0.25) is 0 Å². The molecule has 70 valence electrons. The highest BCUT2D eigenvalue weighted by atomic mass is 16.5. The Morgan fingerprint density at radius 1 is 1.54 bits per heavy atom. The second-order valence-electron chi connectivity index (χ2n) is 2.41. The van der Waals surface area contributed by atoms with Gasteiger partial charge in [-0.25, -0.2) is 14.8 Å². The van der Waals surface area contributed by atoms with Crippen LogP contribution in [-0.2, 0) is 11.2 Å². The minimum absolute atomic E-state index is 0.0969. The summed E-state index contributed by atoms with van der Waals surface area (Å²) in [5.41, 5.74) is 0.989. The van der Waals surface area contributed by atoms with Crippen molar-refractivity contribution >= 4 is 5.97 Å². The molecule has 0 radical (unpaired) electrons. The largest absolute Gasteiger partial charge is 0.479 e. The molecule has 5 nitrogen and oxygen atoms in total. The number of nitrogens with zero attached hydrogens (tertiary/aromatic N) is 2. The monoisotopic (exact) mass is 182 g/mol. The van der Waals surface area contributed by atoms with Crippen LogP contribution in [0.5, 0.6) is 6.01 Å². The molecular formula is C8H10N2O3. The zero-order valence-electron chi connectivity index (χ0n) is 7.23. The van der Waals surface area contributed by atoms with Crippen molar-refractivity contribution in [3.8, 4) is 6.01 Å². The lowest BCUT2D eigenvalue weighted by atomic mass is 10.3. The van der Waals surface area contributed by atoms with E-state index in [-0.39, 0.29) is 6.01 Å². The highest BCUT2D eigenvalue weighted by Gasteiger charge is 2.00. The van der Waals surface area contributed by atoms with Gasteiger partial charge in [0.05, 0.1) is 0 Å². The first-order chi connectivity index (χ1) is 6.22. The number of ether oxygens (including phenoxy) is 1. The average Bonchev–Trinajstić information content (AvgIpc) is 2.15. The molecule has 13 heavy (non-hydrogen) atoms. The van der Waals surface area contributed by atoms with Gasteiger partial charge in [-0.2, -0.15) is 0 Å². The molecule has 0 saturated carbocycles. The fourth-order valence-corrected chi connectivity index (χ4v) is 0.726. The molecule has 1 N–H and O–H groups in total. The highest BCUT2D eigenvalue weighted by molar-refractivity contribution is 5.68. The van der Waals surface area contributed by atoms with Crippen LogP contribution in [-0.4, -0.2) is 27.7 Å². The molecule has 0 bridgehead atoms. The van der Waals surface area contributed by atoms with Crippen molar-refractivity contribution in [3.05, 3.63) is 18.0 Å². The third-order valence-corrected chi connectivity index (χ3v) is 1.41. The lowest BCUT2D eigenvalue weighted by Crippen LogP contribution is -2.11. The van der Waals surface area contributed by atoms with Crippen molar-refractivity contribution in [2.45, 2.75) is 13.3 Å². The quantitative estimate of drug-likeness (QED) is 0.734. The standard InChI is InChI=1S/C8H10N2O3/c1-2-6-3-9-8(10-4-6)13-5-7(11)12/h3-4H,2,5H2,1H3,(H,11,12). The SMILES string of the molecule is CCc1cnc(OCC(=O)O)nc1. The second-order valence-corrected chi connectivity index (χ2v) is 2.41. The second kappa shape index (κ2) is 4.39. The van der Waals surface area contributed by atoms with Crippen LogP contribution < -0.4 is 4.74 Å². The third kappa shape index (κ3) is 3.06. The summed E-state index contributed by atoms with van der Waals surface area (Å²) >= 11 is 0. The molecule has 5 heteroatoms. The van der Waals surface area contributed by atoms with E-state index in [0.29, 0.717) is 0 Å². The van der Waals surface area contributed by atoms with Gasteiger partial charge in [0.2, 0.25) is 0 Å². The smallest absolute Gasteiger partial charge is 0.341 e. The van der Waals surface area contributed by atoms with E-state index in [1.54, 1.807) is 12.4 Å². The summed E-state index contributed by atoms with van der Waals surface area (Å²) in [6.45, 7) is 1.57. The molecule has 1 rings (SSSR count). The highest BCUT2D eigenvalue weighted by Crippen LogP contribution is 2.02. The van der Waals surface area contributed by atoms with Crippen LogP contribution in [0.15, 0.2) is 12.4 Å². The predicted molar refractivity (Wildman–Crippen MR) is 44.5 cm³/mol. The lowest BCUT2D eigenvalue weighted by molar-refractivity contribution is -0.139. The van der Waals surface area contributed by atoms with Gasteiger partial charge < -0.3 is 9.84 Å². The van der Waals surface area contributed by atoms with E-state index in [2.05, 4.69) is 9.97 Å². The molecule has 0 unspecified atom stereocenters. The summed E-state index contributed by atoms with van der Waals surface area (Å²) in [7, 11) is 0. The van der Waals surface area contributed by atoms with Gasteiger partial charge in [0.1, 0.15) is 0 Å². The first kappa shape index (κ1) is 9.44. The number of carbonyl (C=O) groups is 1. The van der Waals surface area contributed by atoms with Gasteiger partial charge in [-0.05, 0) is 12.0 Å². The minimum atomic E-state index is -1.04. The van der Waals surface area contributed by atoms with E-state index in [1.165, 1.54) is 0 Å². The Labute approximate surface area is 75.4 Å². The average molecular weight is 182 g/mol. The summed E-state index contributed by atoms with van der Waals surface area (Å²) in [6, 6.07) is 0.0969. The Morgan fingerprint density at radius 3 is 2.62 bits per heavy atom. The fourth-order valence-electron chi connectivity index (χ4n) is 0.726. The topological polar surface area (TPSA) is 72.3 Å². The zero-order chi connectivity index (χ0) is 9.68. The first-order valence-corrected chi connectivity index (χ1v) is 3.88. The van der Waals surface area contributed by atoms with Gasteiger partial charge in [0, 0.05) is 12.4 Å². The molecule has 0 fully saturated rings. The normalized spacial score (nSPS) is 9.62. The zero-order valence-corrected chi connectivity index (χ0v) is 7.23. The molecule has 0 saturated heterocycles. The maximum absolute atomic E-state index is 10.1. The number of hydrogen-bond donors (Lipinski definition) is 1. The molecule has 0 aliphatic rings. The molecule has 1 aromatic rings. The minimum Gasteiger partial charge on any atom is -0.479 e. The summed E-state index contributed by atoms with van der Waals surface area (Å²) in [4.78, 5) is 17.8. The Hall–Kier alpha value is -1.65. The molecule has 1 heterocycles. The molecule has 1 aromatic heterocycles. The van der Waals surface area contributed by atoms with Crippen LogP contribution in [0.25, 0.3) is 0 Å². The van der Waals surface area contributed by atoms with Crippen LogP contribution >= 0.6 is 0 Å². The van der Waals surface area contributed by atoms with E-state index in [1.807, 2.05) is 6.92 Å². The van der Waals surface area contributed by atoms with Crippen LogP contribution in [0.3, 0.4) is 0 Å². The Morgan fingerprint density at radius 2 is 2.15 bits per heavy atom. The fraction of sp³-hybridized carbons (Fsp3) is 0.375. The van der Waals surface area contributed by atoms with Crippen molar-refractivity contribution in [3.63, 3.8) is 0 Å². The number of hydrogen-bond acceptors (Lipinski definition) is 4. The van der Waals surface area contributed by atoms with Gasteiger partial charge in [0.25, 0.3) is 0 Å². The Kier molecular flexibility index (Phi) is 3.19. The summed E-state index contributed by atoms with van der Waals surface area (Å²) in [5.74, 6) is -1.04. The molecule has 0 aliphatic heterocycles. The maximum atomic E-state index is 10.1. The Bertz CT molecular complexity index is 284. The summed E-state index contributed by atoms with van der Waals surface area (Å²) in [5, 5.41) is 8.30. The van der Waals surface area contributed by atoms with E-state index in [0.717, 1.165) is 12.0 Å². The maximum Gasteiger partial charge on any atom is 0.341 e. The molecular weight excluding hydrogens is 172 g/mol. The van der Waals surface area contributed by atoms with Crippen molar-refractivity contribution < 1.29 is 14.6 Å². The van der Waals surface area contributed by atoms with Gasteiger partial charge >= 0.3 is 12.0 Å². The first-order valence-electron chi connectivity index (χ1n) is 3.88. The molecule has 0 aromatic carbocycles. The Balaban J connectivity index is 2.54. The van der Waals surface area contributed by atoms with E-state index < -0.39 is 12.6 Å². The van der Waals surface area contributed by atoms with Crippen LogP contribution in [0.4, 0.5) is 0 Å². The van der Waals surface area contributed by atoms with Crippen LogP contribution in [0, 0.1) is 0 Å². The van der Waals surface area contributed by atoms with E-state index in [4.69, 9.17) is 9.84 Å². The van der Waals surface area contributed by atoms with Gasteiger partial charge in [0.15, 0.2) is 6.61 Å². The number of aryl methyl sites for hydroxylation is 1. The number of carboxylic acids is 1. The van der Waals surface area contributed by atoms with Crippen molar-refractivity contribution in [1.82, 2.24) is 9.97 Å². The van der Waals surface area contributed by atoms with Crippen molar-refractivity contribution in [1.29, 1.82) is 0 Å². The number of carboxylic acid groups (broad SMARTS) is 1. The molecule has 0 spiro atoms. The number of rotatable bonds is 4. The van der Waals surface area contributed by atoms with Gasteiger partial charge in [-0.15, -0.1) is 0 Å². The van der Waals surface area contributed by atoms with Crippen LogP contribution in [0.1, 0.15) is 12.5 Å². The third-order valence-electron chi connectivity index (χ3n) is 1.41. The van der Waals surface area contributed by atoms with Gasteiger partial charge in [-0.3, -0.25) is 0 Å².